The van der Waals surface area contributed by atoms with E-state index in [2.05, 4.69) is 5.43 Å². The summed E-state index contributed by atoms with van der Waals surface area (Å²) in [6.45, 7) is 2.95. The van der Waals surface area contributed by atoms with Crippen LogP contribution < -0.4 is 5.43 Å². The molecule has 1 heterocycles. The Bertz CT molecular complexity index is 350. The quantitative estimate of drug-likeness (QED) is 0.855. The number of nitrogens with one attached hydrogen (secondary N) is 1. The van der Waals surface area contributed by atoms with E-state index in [9.17, 15) is 4.79 Å². The zero-order valence-corrected chi connectivity index (χ0v) is 9.59. The number of hydrogen-bond acceptors (Lipinski definition) is 4. The largest absolute Gasteiger partial charge is 0.444 e. The molecule has 1 aromatic rings. The topological polar surface area (TPSA) is 50.8 Å². The number of ether oxygens (including phenoxy) is 2. The number of carbonyl (C=O) groups is 1. The van der Waals surface area contributed by atoms with Crippen molar-refractivity contribution in [2.24, 2.45) is 0 Å². The molecule has 1 aromatic carbocycles. The minimum absolute atomic E-state index is 0.289. The lowest BCUT2D eigenvalue weighted by molar-refractivity contribution is 0.00913. The predicted molar refractivity (Wildman–Crippen MR) is 62.2 cm³/mol. The summed E-state index contributed by atoms with van der Waals surface area (Å²) in [4.78, 5) is 11.5. The van der Waals surface area contributed by atoms with E-state index in [1.807, 2.05) is 30.3 Å². The number of nitrogens with zero attached hydrogens (tertiary/aromatic N) is 1. The third-order valence-electron chi connectivity index (χ3n) is 2.47. The molecule has 0 spiro atoms. The molecule has 5 heteroatoms. The molecule has 1 saturated heterocycles. The molecule has 2 rings (SSSR count). The van der Waals surface area contributed by atoms with Crippen molar-refractivity contribution >= 4 is 6.09 Å². The van der Waals surface area contributed by atoms with Gasteiger partial charge in [0.05, 0.1) is 13.2 Å². The van der Waals surface area contributed by atoms with Gasteiger partial charge in [-0.15, -0.1) is 0 Å². The zero-order valence-electron chi connectivity index (χ0n) is 9.59. The van der Waals surface area contributed by atoms with E-state index in [0.29, 0.717) is 26.3 Å². The van der Waals surface area contributed by atoms with Crippen LogP contribution in [-0.2, 0) is 16.1 Å². The average molecular weight is 236 g/mol. The lowest BCUT2D eigenvalue weighted by atomic mass is 10.2. The number of rotatable bonds is 3. The average Bonchev–Trinajstić information content (AvgIpc) is 2.39. The molecular weight excluding hydrogens is 220 g/mol. The first kappa shape index (κ1) is 11.9. The normalized spacial score (nSPS) is 16.5. The summed E-state index contributed by atoms with van der Waals surface area (Å²) >= 11 is 0. The van der Waals surface area contributed by atoms with E-state index in [4.69, 9.17) is 9.47 Å². The van der Waals surface area contributed by atoms with E-state index in [1.165, 1.54) is 0 Å². The van der Waals surface area contributed by atoms with E-state index in [1.54, 1.807) is 5.01 Å². The number of amides is 1. The third kappa shape index (κ3) is 4.05. The van der Waals surface area contributed by atoms with Crippen LogP contribution in [-0.4, -0.2) is 37.4 Å². The van der Waals surface area contributed by atoms with Gasteiger partial charge in [-0.05, 0) is 5.56 Å². The van der Waals surface area contributed by atoms with Crippen molar-refractivity contribution in [3.63, 3.8) is 0 Å². The highest BCUT2D eigenvalue weighted by atomic mass is 16.6. The molecule has 0 saturated carbocycles. The lowest BCUT2D eigenvalue weighted by Gasteiger charge is -2.26. The van der Waals surface area contributed by atoms with Gasteiger partial charge in [0.15, 0.2) is 0 Å². The Labute approximate surface area is 100 Å². The highest BCUT2D eigenvalue weighted by molar-refractivity contribution is 5.66. The molecule has 17 heavy (non-hydrogen) atoms. The molecule has 1 fully saturated rings. The van der Waals surface area contributed by atoms with E-state index < -0.39 is 6.09 Å². The van der Waals surface area contributed by atoms with Crippen LogP contribution in [0.5, 0.6) is 0 Å². The van der Waals surface area contributed by atoms with E-state index in [0.717, 1.165) is 5.56 Å². The van der Waals surface area contributed by atoms with Crippen molar-refractivity contribution in [1.29, 1.82) is 0 Å². The second-order valence-corrected chi connectivity index (χ2v) is 3.77. The molecule has 92 valence electrons. The van der Waals surface area contributed by atoms with Gasteiger partial charge in [-0.2, -0.15) is 0 Å². The standard InChI is InChI=1S/C12H16N2O3/c15-12(13-14-6-8-16-9-7-14)17-10-11-4-2-1-3-5-11/h1-5H,6-10H2,(H,13,15). The molecule has 1 aliphatic rings. The smallest absolute Gasteiger partial charge is 0.422 e. The second kappa shape index (κ2) is 6.22. The van der Waals surface area contributed by atoms with Gasteiger partial charge in [-0.1, -0.05) is 30.3 Å². The van der Waals surface area contributed by atoms with Gasteiger partial charge >= 0.3 is 6.09 Å². The SMILES string of the molecule is O=C(NN1CCOCC1)OCc1ccccc1. The van der Waals surface area contributed by atoms with Gasteiger partial charge in [-0.25, -0.2) is 9.80 Å². The van der Waals surface area contributed by atoms with Gasteiger partial charge in [0.2, 0.25) is 0 Å². The van der Waals surface area contributed by atoms with Crippen molar-refractivity contribution in [2.45, 2.75) is 6.61 Å². The summed E-state index contributed by atoms with van der Waals surface area (Å²) in [7, 11) is 0. The Kier molecular flexibility index (Phi) is 4.35. The van der Waals surface area contributed by atoms with Crippen LogP contribution in [0.3, 0.4) is 0 Å². The molecular formula is C12H16N2O3. The van der Waals surface area contributed by atoms with Crippen molar-refractivity contribution < 1.29 is 14.3 Å². The molecule has 1 aliphatic heterocycles. The first-order chi connectivity index (χ1) is 8.34. The summed E-state index contributed by atoms with van der Waals surface area (Å²) in [6, 6.07) is 9.60. The van der Waals surface area contributed by atoms with Gasteiger partial charge in [0, 0.05) is 13.1 Å². The summed E-state index contributed by atoms with van der Waals surface area (Å²) in [5.74, 6) is 0. The fourth-order valence-corrected chi connectivity index (χ4v) is 1.56. The predicted octanol–water partition coefficient (Wildman–Crippen LogP) is 1.16. The van der Waals surface area contributed by atoms with Crippen molar-refractivity contribution in [1.82, 2.24) is 10.4 Å². The third-order valence-corrected chi connectivity index (χ3v) is 2.47. The molecule has 1 amide bonds. The minimum Gasteiger partial charge on any atom is -0.444 e. The van der Waals surface area contributed by atoms with Crippen molar-refractivity contribution in [3.8, 4) is 0 Å². The Balaban J connectivity index is 1.70. The maximum atomic E-state index is 11.5. The Morgan fingerprint density at radius 2 is 2.00 bits per heavy atom. The Morgan fingerprint density at radius 1 is 1.29 bits per heavy atom. The number of hydrazine groups is 1. The molecule has 5 nitrogen and oxygen atoms in total. The summed E-state index contributed by atoms with van der Waals surface area (Å²) in [5.41, 5.74) is 3.66. The Hall–Kier alpha value is -1.59. The maximum Gasteiger partial charge on any atom is 0.422 e. The molecule has 0 aliphatic carbocycles. The molecule has 0 bridgehead atoms. The lowest BCUT2D eigenvalue weighted by Crippen LogP contribution is -2.48. The molecule has 0 unspecified atom stereocenters. The van der Waals surface area contributed by atoms with Crippen LogP contribution in [0, 0.1) is 0 Å². The highest BCUT2D eigenvalue weighted by Crippen LogP contribution is 2.01. The van der Waals surface area contributed by atoms with E-state index >= 15 is 0 Å². The maximum absolute atomic E-state index is 11.5. The first-order valence-electron chi connectivity index (χ1n) is 5.64. The number of morpholine rings is 1. The fourth-order valence-electron chi connectivity index (χ4n) is 1.56. The Morgan fingerprint density at radius 3 is 2.71 bits per heavy atom. The zero-order chi connectivity index (χ0) is 11.9. The van der Waals surface area contributed by atoms with Gasteiger partial charge in [0.1, 0.15) is 6.61 Å². The highest BCUT2D eigenvalue weighted by Gasteiger charge is 2.13. The number of carbonyl (C=O) groups excluding carboxylic acids is 1. The molecule has 0 atom stereocenters. The van der Waals surface area contributed by atoms with Gasteiger partial charge in [-0.3, -0.25) is 5.43 Å². The summed E-state index contributed by atoms with van der Waals surface area (Å²) in [5, 5.41) is 1.80. The molecule has 1 N–H and O–H groups in total. The summed E-state index contributed by atoms with van der Waals surface area (Å²) < 4.78 is 10.3. The summed E-state index contributed by atoms with van der Waals surface area (Å²) in [6.07, 6.45) is -0.421. The number of hydrogen-bond donors (Lipinski definition) is 1. The van der Waals surface area contributed by atoms with Crippen LogP contribution in [0.1, 0.15) is 5.56 Å². The van der Waals surface area contributed by atoms with Crippen molar-refractivity contribution in [2.75, 3.05) is 26.3 Å². The van der Waals surface area contributed by atoms with Crippen LogP contribution in [0.4, 0.5) is 4.79 Å². The van der Waals surface area contributed by atoms with Gasteiger partial charge in [0.25, 0.3) is 0 Å². The fraction of sp³-hybridized carbons (Fsp3) is 0.417. The first-order valence-corrected chi connectivity index (χ1v) is 5.64. The second-order valence-electron chi connectivity index (χ2n) is 3.77. The van der Waals surface area contributed by atoms with Crippen LogP contribution >= 0.6 is 0 Å². The molecule has 0 aromatic heterocycles. The van der Waals surface area contributed by atoms with Crippen LogP contribution in [0.15, 0.2) is 30.3 Å². The van der Waals surface area contributed by atoms with Crippen LogP contribution in [0.25, 0.3) is 0 Å². The molecule has 0 radical (unpaired) electrons. The van der Waals surface area contributed by atoms with Gasteiger partial charge < -0.3 is 9.47 Å². The van der Waals surface area contributed by atoms with E-state index in [-0.39, 0.29) is 6.61 Å². The minimum atomic E-state index is -0.421. The van der Waals surface area contributed by atoms with Crippen LogP contribution in [0.2, 0.25) is 0 Å². The number of benzene rings is 1. The van der Waals surface area contributed by atoms with Crippen molar-refractivity contribution in [3.05, 3.63) is 35.9 Å². The monoisotopic (exact) mass is 236 g/mol.